The molecule has 0 aliphatic carbocycles. The number of ether oxygens (including phenoxy) is 1. The predicted molar refractivity (Wildman–Crippen MR) is 100 cm³/mol. The molecule has 0 spiro atoms. The number of nitrogens with zero attached hydrogens (tertiary/aromatic N) is 1. The molecule has 0 amide bonds. The van der Waals surface area contributed by atoms with E-state index in [0.29, 0.717) is 18.1 Å². The van der Waals surface area contributed by atoms with Crippen molar-refractivity contribution in [3.05, 3.63) is 71.8 Å². The highest BCUT2D eigenvalue weighted by atomic mass is 16.5. The van der Waals surface area contributed by atoms with Crippen molar-refractivity contribution < 1.29 is 4.74 Å². The summed E-state index contributed by atoms with van der Waals surface area (Å²) in [6.45, 7) is 5.74. The molecule has 0 N–H and O–H groups in total. The third-order valence-electron chi connectivity index (χ3n) is 5.18. The van der Waals surface area contributed by atoms with E-state index in [1.807, 2.05) is 0 Å². The minimum Gasteiger partial charge on any atom is -0.365 e. The molecule has 1 saturated heterocycles. The van der Waals surface area contributed by atoms with Gasteiger partial charge in [0.15, 0.2) is 0 Å². The van der Waals surface area contributed by atoms with Gasteiger partial charge in [0.25, 0.3) is 0 Å². The Balaban J connectivity index is 1.80. The Morgan fingerprint density at radius 1 is 0.917 bits per heavy atom. The van der Waals surface area contributed by atoms with Crippen molar-refractivity contribution in [2.24, 2.45) is 5.92 Å². The Labute approximate surface area is 146 Å². The standard InChI is InChI=1S/C22H29NO/c1-17(2)21-16-20(14-15-23(21)3)24-22(18-10-6-4-7-11-18)19-12-8-5-9-13-19/h4-13,17,20-22H,14-16H2,1-3H3/t20-,21-/m0/s1. The van der Waals surface area contributed by atoms with Crippen LogP contribution in [0.4, 0.5) is 0 Å². The smallest absolute Gasteiger partial charge is 0.108 e. The van der Waals surface area contributed by atoms with E-state index < -0.39 is 0 Å². The summed E-state index contributed by atoms with van der Waals surface area (Å²) in [6, 6.07) is 21.8. The molecule has 2 aromatic rings. The summed E-state index contributed by atoms with van der Waals surface area (Å²) in [5, 5.41) is 0. The van der Waals surface area contributed by atoms with Gasteiger partial charge < -0.3 is 9.64 Å². The zero-order valence-electron chi connectivity index (χ0n) is 15.1. The fraction of sp³-hybridized carbons (Fsp3) is 0.455. The monoisotopic (exact) mass is 323 g/mol. The molecule has 128 valence electrons. The molecule has 0 bridgehead atoms. The maximum atomic E-state index is 6.67. The summed E-state index contributed by atoms with van der Waals surface area (Å²) < 4.78 is 6.67. The van der Waals surface area contributed by atoms with E-state index in [-0.39, 0.29) is 6.10 Å². The van der Waals surface area contributed by atoms with E-state index in [0.717, 1.165) is 19.4 Å². The first-order valence-electron chi connectivity index (χ1n) is 9.10. The molecule has 0 unspecified atom stereocenters. The molecule has 0 aromatic heterocycles. The van der Waals surface area contributed by atoms with Gasteiger partial charge in [-0.25, -0.2) is 0 Å². The van der Waals surface area contributed by atoms with Crippen LogP contribution in [0.2, 0.25) is 0 Å². The lowest BCUT2D eigenvalue weighted by atomic mass is 9.91. The Morgan fingerprint density at radius 3 is 1.96 bits per heavy atom. The highest BCUT2D eigenvalue weighted by Crippen LogP contribution is 2.32. The number of benzene rings is 2. The fourth-order valence-corrected chi connectivity index (χ4v) is 3.78. The molecule has 1 aliphatic rings. The van der Waals surface area contributed by atoms with Gasteiger partial charge in [-0.1, -0.05) is 74.5 Å². The molecular formula is C22H29NO. The number of hydrogen-bond acceptors (Lipinski definition) is 2. The summed E-state index contributed by atoms with van der Waals surface area (Å²) in [6.07, 6.45) is 2.56. The van der Waals surface area contributed by atoms with Crippen molar-refractivity contribution in [1.29, 1.82) is 0 Å². The van der Waals surface area contributed by atoms with Crippen LogP contribution in [-0.4, -0.2) is 30.6 Å². The molecule has 2 nitrogen and oxygen atoms in total. The SMILES string of the molecule is CC(C)[C@@H]1C[C@@H](OC(c2ccccc2)c2ccccc2)CCN1C. The molecular weight excluding hydrogens is 294 g/mol. The van der Waals surface area contributed by atoms with E-state index >= 15 is 0 Å². The van der Waals surface area contributed by atoms with Crippen molar-refractivity contribution in [3.8, 4) is 0 Å². The van der Waals surface area contributed by atoms with Crippen LogP contribution in [0.25, 0.3) is 0 Å². The minimum atomic E-state index is 0.0219. The molecule has 0 saturated carbocycles. The maximum absolute atomic E-state index is 6.67. The summed E-state index contributed by atoms with van der Waals surface area (Å²) in [5.74, 6) is 0.660. The minimum absolute atomic E-state index is 0.0219. The van der Waals surface area contributed by atoms with Gasteiger partial charge in [-0.2, -0.15) is 0 Å². The third-order valence-corrected chi connectivity index (χ3v) is 5.18. The first-order chi connectivity index (χ1) is 11.6. The Bertz CT molecular complexity index is 571. The Morgan fingerprint density at radius 2 is 1.46 bits per heavy atom. The lowest BCUT2D eigenvalue weighted by Gasteiger charge is -2.40. The average molecular weight is 323 g/mol. The molecule has 3 rings (SSSR count). The number of hydrogen-bond donors (Lipinski definition) is 0. The van der Waals surface area contributed by atoms with Crippen molar-refractivity contribution in [3.63, 3.8) is 0 Å². The van der Waals surface area contributed by atoms with Crippen molar-refractivity contribution in [2.45, 2.75) is 44.9 Å². The van der Waals surface area contributed by atoms with Crippen molar-refractivity contribution >= 4 is 0 Å². The van der Waals surface area contributed by atoms with Gasteiger partial charge in [0.05, 0.1) is 6.10 Å². The van der Waals surface area contributed by atoms with Crippen LogP contribution < -0.4 is 0 Å². The van der Waals surface area contributed by atoms with Crippen LogP contribution in [0, 0.1) is 5.92 Å². The van der Waals surface area contributed by atoms with Crippen LogP contribution in [0.3, 0.4) is 0 Å². The van der Waals surface area contributed by atoms with E-state index in [1.54, 1.807) is 0 Å². The quantitative estimate of drug-likeness (QED) is 0.775. The van der Waals surface area contributed by atoms with Crippen LogP contribution in [0.1, 0.15) is 43.9 Å². The second kappa shape index (κ2) is 7.96. The van der Waals surface area contributed by atoms with Gasteiger partial charge in [-0.05, 0) is 36.9 Å². The second-order valence-electron chi connectivity index (χ2n) is 7.28. The molecule has 1 heterocycles. The zero-order chi connectivity index (χ0) is 16.9. The maximum Gasteiger partial charge on any atom is 0.108 e. The normalized spacial score (nSPS) is 22.2. The lowest BCUT2D eigenvalue weighted by Crippen LogP contribution is -2.45. The topological polar surface area (TPSA) is 12.5 Å². The van der Waals surface area contributed by atoms with Gasteiger partial charge in [0.2, 0.25) is 0 Å². The number of likely N-dealkylation sites (tertiary alicyclic amines) is 1. The van der Waals surface area contributed by atoms with Gasteiger partial charge >= 0.3 is 0 Å². The molecule has 2 aromatic carbocycles. The summed E-state index contributed by atoms with van der Waals surface area (Å²) in [5.41, 5.74) is 2.48. The van der Waals surface area contributed by atoms with E-state index in [4.69, 9.17) is 4.74 Å². The van der Waals surface area contributed by atoms with Crippen LogP contribution in [0.15, 0.2) is 60.7 Å². The van der Waals surface area contributed by atoms with Gasteiger partial charge in [0, 0.05) is 12.6 Å². The summed E-state index contributed by atoms with van der Waals surface area (Å²) >= 11 is 0. The molecule has 1 fully saturated rings. The lowest BCUT2D eigenvalue weighted by molar-refractivity contribution is -0.0466. The second-order valence-corrected chi connectivity index (χ2v) is 7.28. The highest BCUT2D eigenvalue weighted by molar-refractivity contribution is 5.30. The molecule has 2 atom stereocenters. The first kappa shape index (κ1) is 17.2. The molecule has 2 heteroatoms. The van der Waals surface area contributed by atoms with Crippen LogP contribution >= 0.6 is 0 Å². The zero-order valence-corrected chi connectivity index (χ0v) is 15.1. The average Bonchev–Trinajstić information content (AvgIpc) is 2.62. The number of rotatable bonds is 5. The number of piperidine rings is 1. The first-order valence-corrected chi connectivity index (χ1v) is 9.10. The predicted octanol–water partition coefficient (Wildman–Crippen LogP) is 4.91. The van der Waals surface area contributed by atoms with Crippen LogP contribution in [-0.2, 0) is 4.74 Å². The highest BCUT2D eigenvalue weighted by Gasteiger charge is 2.30. The Kier molecular flexibility index (Phi) is 5.70. The van der Waals surface area contributed by atoms with Gasteiger partial charge in [-0.3, -0.25) is 0 Å². The van der Waals surface area contributed by atoms with Crippen molar-refractivity contribution in [2.75, 3.05) is 13.6 Å². The van der Waals surface area contributed by atoms with Gasteiger partial charge in [-0.15, -0.1) is 0 Å². The molecule has 1 aliphatic heterocycles. The van der Waals surface area contributed by atoms with Crippen LogP contribution in [0.5, 0.6) is 0 Å². The summed E-state index contributed by atoms with van der Waals surface area (Å²) in [7, 11) is 2.24. The largest absolute Gasteiger partial charge is 0.365 e. The summed E-state index contributed by atoms with van der Waals surface area (Å²) in [4.78, 5) is 2.49. The van der Waals surface area contributed by atoms with E-state index in [2.05, 4.69) is 86.5 Å². The molecule has 24 heavy (non-hydrogen) atoms. The fourth-order valence-electron chi connectivity index (χ4n) is 3.78. The Hall–Kier alpha value is -1.64. The molecule has 0 radical (unpaired) electrons. The third kappa shape index (κ3) is 4.06. The van der Waals surface area contributed by atoms with Gasteiger partial charge in [0.1, 0.15) is 6.10 Å². The van der Waals surface area contributed by atoms with Crippen molar-refractivity contribution in [1.82, 2.24) is 4.90 Å². The van der Waals surface area contributed by atoms with E-state index in [9.17, 15) is 0 Å². The van der Waals surface area contributed by atoms with E-state index in [1.165, 1.54) is 11.1 Å².